The first-order chi connectivity index (χ1) is 12.3. The Balaban J connectivity index is 1.56. The summed E-state index contributed by atoms with van der Waals surface area (Å²) in [5, 5.41) is 7.41. The highest BCUT2D eigenvalue weighted by Gasteiger charge is 2.38. The van der Waals surface area contributed by atoms with Crippen LogP contribution in [0.1, 0.15) is 26.7 Å². The van der Waals surface area contributed by atoms with Crippen LogP contribution in [0.15, 0.2) is 23.0 Å². The molecule has 3 aromatic rings. The summed E-state index contributed by atoms with van der Waals surface area (Å²) in [5.41, 5.74) is 1.38. The predicted octanol–water partition coefficient (Wildman–Crippen LogP) is 2.75. The van der Waals surface area contributed by atoms with Gasteiger partial charge in [0.25, 0.3) is 5.91 Å². The highest BCUT2D eigenvalue weighted by atomic mass is 32.1. The molecule has 0 bridgehead atoms. The lowest BCUT2D eigenvalue weighted by Gasteiger charge is -2.26. The minimum atomic E-state index is -4.67. The molecule has 0 saturated heterocycles. The summed E-state index contributed by atoms with van der Waals surface area (Å²) < 4.78 is 43.6. The number of rotatable bonds is 2. The van der Waals surface area contributed by atoms with E-state index in [-0.39, 0.29) is 11.7 Å². The molecule has 4 heterocycles. The lowest BCUT2D eigenvalue weighted by Crippen LogP contribution is -2.35. The van der Waals surface area contributed by atoms with Crippen LogP contribution in [0, 0.1) is 0 Å². The number of hydrogen-bond acceptors (Lipinski definition) is 6. The summed E-state index contributed by atoms with van der Waals surface area (Å²) in [6.45, 7) is 0.907. The van der Waals surface area contributed by atoms with Crippen molar-refractivity contribution in [2.75, 3.05) is 6.54 Å². The molecule has 0 unspecified atom stereocenters. The lowest BCUT2D eigenvalue weighted by molar-refractivity contribution is -0.159. The van der Waals surface area contributed by atoms with E-state index < -0.39 is 12.1 Å². The number of amides is 1. The second-order valence-electron chi connectivity index (χ2n) is 5.86. The molecule has 1 aliphatic rings. The monoisotopic (exact) mass is 383 g/mol. The summed E-state index contributed by atoms with van der Waals surface area (Å²) >= 11 is 1.32. The number of halogens is 3. The van der Waals surface area contributed by atoms with Crippen LogP contribution in [-0.4, -0.2) is 37.3 Å². The average Bonchev–Trinajstić information content (AvgIpc) is 3.31. The molecule has 0 spiro atoms. The Morgan fingerprint density at radius 1 is 1.38 bits per heavy atom. The molecule has 0 fully saturated rings. The fraction of sp³-hybridized carbons (Fsp3) is 0.333. The highest BCUT2D eigenvalue weighted by molar-refractivity contribution is 7.15. The average molecular weight is 383 g/mol. The molecule has 4 rings (SSSR count). The fourth-order valence-corrected chi connectivity index (χ4v) is 3.86. The van der Waals surface area contributed by atoms with Gasteiger partial charge in [0.1, 0.15) is 0 Å². The van der Waals surface area contributed by atoms with Gasteiger partial charge in [0.2, 0.25) is 5.82 Å². The molecule has 136 valence electrons. The molecular formula is C15H12F3N5O2S. The molecule has 1 aliphatic heterocycles. The number of carbonyl (C=O) groups excluding carboxylic acids is 1. The van der Waals surface area contributed by atoms with Crippen LogP contribution < -0.4 is 0 Å². The van der Waals surface area contributed by atoms with Crippen LogP contribution in [0.25, 0.3) is 10.7 Å². The Morgan fingerprint density at radius 2 is 2.19 bits per heavy atom. The van der Waals surface area contributed by atoms with Gasteiger partial charge in [-0.3, -0.25) is 9.48 Å². The number of hydrogen-bond donors (Lipinski definition) is 0. The van der Waals surface area contributed by atoms with Crippen LogP contribution in [0.4, 0.5) is 13.2 Å². The van der Waals surface area contributed by atoms with E-state index in [1.807, 2.05) is 0 Å². The molecule has 26 heavy (non-hydrogen) atoms. The third-order valence-electron chi connectivity index (χ3n) is 3.99. The third-order valence-corrected chi connectivity index (χ3v) is 5.23. The van der Waals surface area contributed by atoms with Crippen LogP contribution in [0.3, 0.4) is 0 Å². The normalized spacial score (nSPS) is 14.5. The van der Waals surface area contributed by atoms with E-state index in [9.17, 15) is 18.0 Å². The Bertz CT molecular complexity index is 974. The van der Waals surface area contributed by atoms with Crippen molar-refractivity contribution in [3.05, 3.63) is 40.4 Å². The summed E-state index contributed by atoms with van der Waals surface area (Å²) in [7, 11) is 1.73. The number of aryl methyl sites for hydroxylation is 1. The predicted molar refractivity (Wildman–Crippen MR) is 84.3 cm³/mol. The summed E-state index contributed by atoms with van der Waals surface area (Å²) in [6.07, 6.45) is -0.894. The van der Waals surface area contributed by atoms with Gasteiger partial charge >= 0.3 is 12.1 Å². The van der Waals surface area contributed by atoms with E-state index in [1.54, 1.807) is 28.9 Å². The number of carbonyl (C=O) groups is 1. The van der Waals surface area contributed by atoms with Gasteiger partial charge in [0.15, 0.2) is 0 Å². The van der Waals surface area contributed by atoms with Crippen molar-refractivity contribution in [2.24, 2.45) is 7.05 Å². The fourth-order valence-electron chi connectivity index (χ4n) is 2.77. The topological polar surface area (TPSA) is 77.0 Å². The second kappa shape index (κ2) is 5.94. The van der Waals surface area contributed by atoms with E-state index in [2.05, 4.69) is 19.8 Å². The first kappa shape index (κ1) is 16.8. The number of alkyl halides is 3. The van der Waals surface area contributed by atoms with Crippen LogP contribution in [0.2, 0.25) is 0 Å². The Labute approximate surface area is 149 Å². The van der Waals surface area contributed by atoms with Crippen molar-refractivity contribution in [3.8, 4) is 10.7 Å². The largest absolute Gasteiger partial charge is 0.471 e. The molecule has 0 atom stereocenters. The summed E-state index contributed by atoms with van der Waals surface area (Å²) in [5.74, 6) is -1.59. The maximum absolute atomic E-state index is 12.6. The highest BCUT2D eigenvalue weighted by Crippen LogP contribution is 2.35. The van der Waals surface area contributed by atoms with Gasteiger partial charge in [-0.15, -0.1) is 11.3 Å². The van der Waals surface area contributed by atoms with Crippen molar-refractivity contribution in [2.45, 2.75) is 19.1 Å². The summed E-state index contributed by atoms with van der Waals surface area (Å²) in [4.78, 5) is 19.1. The maximum atomic E-state index is 12.6. The van der Waals surface area contributed by atoms with Crippen molar-refractivity contribution >= 4 is 17.2 Å². The van der Waals surface area contributed by atoms with E-state index in [1.165, 1.54) is 17.5 Å². The van der Waals surface area contributed by atoms with E-state index >= 15 is 0 Å². The van der Waals surface area contributed by atoms with Crippen molar-refractivity contribution < 1.29 is 22.5 Å². The number of thiophene rings is 1. The van der Waals surface area contributed by atoms with Gasteiger partial charge in [-0.25, -0.2) is 0 Å². The van der Waals surface area contributed by atoms with Crippen LogP contribution >= 0.6 is 11.3 Å². The molecule has 3 aromatic heterocycles. The zero-order valence-electron chi connectivity index (χ0n) is 13.4. The van der Waals surface area contributed by atoms with Gasteiger partial charge < -0.3 is 9.42 Å². The van der Waals surface area contributed by atoms with Gasteiger partial charge in [-0.2, -0.15) is 23.3 Å². The van der Waals surface area contributed by atoms with E-state index in [0.717, 1.165) is 10.4 Å². The molecule has 11 heteroatoms. The van der Waals surface area contributed by atoms with Gasteiger partial charge in [-0.05, 0) is 18.1 Å². The Kier molecular flexibility index (Phi) is 3.83. The van der Waals surface area contributed by atoms with Crippen LogP contribution in [-0.2, 0) is 26.2 Å². The van der Waals surface area contributed by atoms with Gasteiger partial charge in [0.05, 0.1) is 16.6 Å². The second-order valence-corrected chi connectivity index (χ2v) is 7.00. The molecular weight excluding hydrogens is 371 g/mol. The van der Waals surface area contributed by atoms with E-state index in [0.29, 0.717) is 30.0 Å². The Hall–Kier alpha value is -2.69. The number of nitrogens with zero attached hydrogens (tertiary/aromatic N) is 5. The standard InChI is InChI=1S/C15H12F3N5O2S/c1-22-6-9(5-19-22)13(24)23-3-2-10-8(7-23)4-11(26-10)12-20-14(25-21-12)15(16,17)18/h4-6H,2-3,7H2,1H3. The zero-order valence-corrected chi connectivity index (χ0v) is 14.3. The van der Waals surface area contributed by atoms with Gasteiger partial charge in [-0.1, -0.05) is 5.16 Å². The molecule has 1 amide bonds. The number of aromatic nitrogens is 4. The minimum absolute atomic E-state index is 0.0955. The van der Waals surface area contributed by atoms with Gasteiger partial charge in [0, 0.05) is 31.2 Å². The smallest absolute Gasteiger partial charge is 0.334 e. The third kappa shape index (κ3) is 2.98. The molecule has 0 aliphatic carbocycles. The molecule has 0 aromatic carbocycles. The number of fused-ring (bicyclic) bond motifs is 1. The maximum Gasteiger partial charge on any atom is 0.471 e. The first-order valence-electron chi connectivity index (χ1n) is 7.62. The Morgan fingerprint density at radius 3 is 2.85 bits per heavy atom. The minimum Gasteiger partial charge on any atom is -0.334 e. The SMILES string of the molecule is Cn1cc(C(=O)N2CCc3sc(-c4noc(C(F)(F)F)n4)cc3C2)cn1. The first-order valence-corrected chi connectivity index (χ1v) is 8.43. The van der Waals surface area contributed by atoms with E-state index in [4.69, 9.17) is 0 Å². The zero-order chi connectivity index (χ0) is 18.5. The van der Waals surface area contributed by atoms with Crippen molar-refractivity contribution in [3.63, 3.8) is 0 Å². The van der Waals surface area contributed by atoms with Crippen molar-refractivity contribution in [1.82, 2.24) is 24.8 Å². The molecule has 0 radical (unpaired) electrons. The molecule has 7 nitrogen and oxygen atoms in total. The lowest BCUT2D eigenvalue weighted by atomic mass is 10.1. The van der Waals surface area contributed by atoms with Crippen LogP contribution in [0.5, 0.6) is 0 Å². The summed E-state index contributed by atoms with van der Waals surface area (Å²) in [6, 6.07) is 1.72. The van der Waals surface area contributed by atoms with Crippen molar-refractivity contribution in [1.29, 1.82) is 0 Å². The molecule has 0 saturated carbocycles. The quantitative estimate of drug-likeness (QED) is 0.680. The molecule has 0 N–H and O–H groups in total.